The second kappa shape index (κ2) is 9.77. The van der Waals surface area contributed by atoms with Crippen LogP contribution in [0.1, 0.15) is 40.7 Å². The third-order valence-electron chi connectivity index (χ3n) is 4.20. The molecule has 0 unspecified atom stereocenters. The minimum absolute atomic E-state index is 0.0974. The summed E-state index contributed by atoms with van der Waals surface area (Å²) in [5, 5.41) is 0.463. The van der Waals surface area contributed by atoms with Crippen molar-refractivity contribution in [3.05, 3.63) is 46.5 Å². The number of esters is 1. The molecule has 1 aliphatic rings. The molecule has 1 fully saturated rings. The Morgan fingerprint density at radius 3 is 2.64 bits per heavy atom. The normalized spacial score (nSPS) is 14.6. The monoisotopic (exact) mass is 404 g/mol. The van der Waals surface area contributed by atoms with Gasteiger partial charge in [0.25, 0.3) is 0 Å². The molecule has 150 valence electrons. The van der Waals surface area contributed by atoms with Gasteiger partial charge in [0.05, 0.1) is 38.5 Å². The maximum Gasteiger partial charge on any atom is 0.350 e. The number of aromatic nitrogens is 1. The lowest BCUT2D eigenvalue weighted by atomic mass is 10.2. The van der Waals surface area contributed by atoms with Gasteiger partial charge in [-0.05, 0) is 25.8 Å². The molecule has 0 spiro atoms. The average molecular weight is 404 g/mol. The van der Waals surface area contributed by atoms with Crippen LogP contribution in [0.15, 0.2) is 30.3 Å². The Balaban J connectivity index is 1.84. The second-order valence-corrected chi connectivity index (χ2v) is 7.30. The molecule has 0 atom stereocenters. The third-order valence-corrected chi connectivity index (χ3v) is 5.36. The van der Waals surface area contributed by atoms with Gasteiger partial charge in [0, 0.05) is 0 Å². The van der Waals surface area contributed by atoms with Crippen LogP contribution >= 0.6 is 11.3 Å². The second-order valence-electron chi connectivity index (χ2n) is 6.33. The molecule has 2 aromatic rings. The number of amides is 1. The number of carbonyl (C=O) groups excluding carboxylic acids is 2. The molecule has 3 rings (SSSR count). The Hall–Kier alpha value is -2.29. The van der Waals surface area contributed by atoms with E-state index < -0.39 is 12.3 Å². The molecular formula is C20H24N2O5S. The Labute approximate surface area is 168 Å². The number of hydrogen-bond donors (Lipinski definition) is 0. The van der Waals surface area contributed by atoms with Crippen LogP contribution in [0, 0.1) is 6.92 Å². The number of nitrogens with zero attached hydrogens (tertiary/aromatic N) is 2. The van der Waals surface area contributed by atoms with Gasteiger partial charge in [-0.2, -0.15) is 0 Å². The van der Waals surface area contributed by atoms with E-state index in [-0.39, 0.29) is 18.9 Å². The van der Waals surface area contributed by atoms with E-state index in [9.17, 15) is 9.59 Å². The van der Waals surface area contributed by atoms with Gasteiger partial charge in [0.15, 0.2) is 11.4 Å². The van der Waals surface area contributed by atoms with Gasteiger partial charge >= 0.3 is 5.97 Å². The predicted molar refractivity (Wildman–Crippen MR) is 105 cm³/mol. The molecule has 7 nitrogen and oxygen atoms in total. The van der Waals surface area contributed by atoms with E-state index >= 15 is 0 Å². The lowest BCUT2D eigenvalue weighted by molar-refractivity contribution is -0.183. The summed E-state index contributed by atoms with van der Waals surface area (Å²) in [5.74, 6) is -0.588. The first-order valence-electron chi connectivity index (χ1n) is 9.30. The van der Waals surface area contributed by atoms with Crippen molar-refractivity contribution in [1.29, 1.82) is 0 Å². The van der Waals surface area contributed by atoms with E-state index in [0.29, 0.717) is 35.5 Å². The highest BCUT2D eigenvalue weighted by molar-refractivity contribution is 7.17. The third kappa shape index (κ3) is 5.15. The molecule has 8 heteroatoms. The topological polar surface area (TPSA) is 78.0 Å². The van der Waals surface area contributed by atoms with Crippen molar-refractivity contribution in [2.24, 2.45) is 0 Å². The SMILES string of the molecule is CCOC(=O)c1sc(N(Cc2ccccc2)C(=O)CC2OCCCO2)nc1C. The van der Waals surface area contributed by atoms with E-state index in [1.807, 2.05) is 30.3 Å². The summed E-state index contributed by atoms with van der Waals surface area (Å²) in [7, 11) is 0. The highest BCUT2D eigenvalue weighted by Crippen LogP contribution is 2.29. The van der Waals surface area contributed by atoms with E-state index in [0.717, 1.165) is 23.3 Å². The van der Waals surface area contributed by atoms with Crippen LogP contribution in [-0.2, 0) is 25.5 Å². The standard InChI is InChI=1S/C20H24N2O5S/c1-3-25-19(24)18-14(2)21-20(28-18)22(13-15-8-5-4-6-9-15)16(23)12-17-26-10-7-11-27-17/h4-6,8-9,17H,3,7,10-13H2,1-2H3. The summed E-state index contributed by atoms with van der Waals surface area (Å²) in [6, 6.07) is 9.65. The van der Waals surface area contributed by atoms with Crippen LogP contribution in [0.4, 0.5) is 5.13 Å². The fourth-order valence-electron chi connectivity index (χ4n) is 2.82. The Bertz CT molecular complexity index is 802. The van der Waals surface area contributed by atoms with Crippen molar-refractivity contribution in [1.82, 2.24) is 4.98 Å². The Morgan fingerprint density at radius 2 is 1.96 bits per heavy atom. The molecule has 0 bridgehead atoms. The minimum atomic E-state index is -0.551. The lowest BCUT2D eigenvalue weighted by Gasteiger charge is -2.26. The Morgan fingerprint density at radius 1 is 1.25 bits per heavy atom. The smallest absolute Gasteiger partial charge is 0.350 e. The number of hydrogen-bond acceptors (Lipinski definition) is 7. The summed E-state index contributed by atoms with van der Waals surface area (Å²) < 4.78 is 16.1. The van der Waals surface area contributed by atoms with Crippen molar-refractivity contribution >= 4 is 28.3 Å². The first-order chi connectivity index (χ1) is 13.6. The predicted octanol–water partition coefficient (Wildman–Crippen LogP) is 3.31. The first kappa shape index (κ1) is 20.4. The van der Waals surface area contributed by atoms with Crippen molar-refractivity contribution < 1.29 is 23.8 Å². The maximum absolute atomic E-state index is 13.0. The number of carbonyl (C=O) groups is 2. The first-order valence-corrected chi connectivity index (χ1v) is 10.1. The molecule has 28 heavy (non-hydrogen) atoms. The molecule has 0 saturated carbocycles. The average Bonchev–Trinajstić information content (AvgIpc) is 3.09. The van der Waals surface area contributed by atoms with Crippen molar-refractivity contribution in [2.45, 2.75) is 39.5 Å². The number of ether oxygens (including phenoxy) is 3. The van der Waals surface area contributed by atoms with E-state index in [4.69, 9.17) is 14.2 Å². The number of thiazole rings is 1. The highest BCUT2D eigenvalue weighted by atomic mass is 32.1. The molecule has 0 N–H and O–H groups in total. The number of benzene rings is 1. The molecule has 1 saturated heterocycles. The van der Waals surface area contributed by atoms with Gasteiger partial charge in [0.1, 0.15) is 4.88 Å². The van der Waals surface area contributed by atoms with Crippen molar-refractivity contribution in [3.63, 3.8) is 0 Å². The van der Waals surface area contributed by atoms with Crippen LogP contribution in [0.2, 0.25) is 0 Å². The molecule has 0 radical (unpaired) electrons. The quantitative estimate of drug-likeness (QED) is 0.659. The summed E-state index contributed by atoms with van der Waals surface area (Å²) >= 11 is 1.16. The van der Waals surface area contributed by atoms with Crippen molar-refractivity contribution in [3.8, 4) is 0 Å². The zero-order chi connectivity index (χ0) is 19.9. The van der Waals surface area contributed by atoms with Gasteiger partial charge in [-0.25, -0.2) is 9.78 Å². The lowest BCUT2D eigenvalue weighted by Crippen LogP contribution is -2.36. The fourth-order valence-corrected chi connectivity index (χ4v) is 3.80. The van der Waals surface area contributed by atoms with Crippen LogP contribution in [0.25, 0.3) is 0 Å². The molecule has 1 aliphatic heterocycles. The minimum Gasteiger partial charge on any atom is -0.462 e. The Kier molecular flexibility index (Phi) is 7.13. The summed E-state index contributed by atoms with van der Waals surface area (Å²) in [6.07, 6.45) is 0.373. The van der Waals surface area contributed by atoms with E-state index in [1.54, 1.807) is 18.7 Å². The number of rotatable bonds is 7. The number of aryl methyl sites for hydroxylation is 1. The highest BCUT2D eigenvalue weighted by Gasteiger charge is 2.27. The summed E-state index contributed by atoms with van der Waals surface area (Å²) in [6.45, 7) is 5.30. The molecule has 1 aromatic heterocycles. The van der Waals surface area contributed by atoms with Crippen LogP contribution in [0.3, 0.4) is 0 Å². The van der Waals surface area contributed by atoms with Gasteiger partial charge in [-0.15, -0.1) is 0 Å². The molecule has 1 aromatic carbocycles. The van der Waals surface area contributed by atoms with E-state index in [2.05, 4.69) is 4.98 Å². The van der Waals surface area contributed by atoms with Crippen LogP contribution in [0.5, 0.6) is 0 Å². The van der Waals surface area contributed by atoms with Crippen LogP contribution in [-0.4, -0.2) is 43.0 Å². The zero-order valence-corrected chi connectivity index (χ0v) is 16.9. The summed E-state index contributed by atoms with van der Waals surface area (Å²) in [4.78, 5) is 31.7. The zero-order valence-electron chi connectivity index (χ0n) is 16.1. The van der Waals surface area contributed by atoms with Crippen molar-refractivity contribution in [2.75, 3.05) is 24.7 Å². The summed E-state index contributed by atoms with van der Waals surface area (Å²) in [5.41, 5.74) is 1.52. The number of anilines is 1. The van der Waals surface area contributed by atoms with Crippen LogP contribution < -0.4 is 4.90 Å². The van der Waals surface area contributed by atoms with Gasteiger partial charge in [-0.1, -0.05) is 41.7 Å². The largest absolute Gasteiger partial charge is 0.462 e. The van der Waals surface area contributed by atoms with Gasteiger partial charge in [-0.3, -0.25) is 9.69 Å². The van der Waals surface area contributed by atoms with Gasteiger partial charge < -0.3 is 14.2 Å². The molecule has 2 heterocycles. The maximum atomic E-state index is 13.0. The molecular weight excluding hydrogens is 380 g/mol. The van der Waals surface area contributed by atoms with Gasteiger partial charge in [0.2, 0.25) is 5.91 Å². The molecule has 1 amide bonds. The fraction of sp³-hybridized carbons (Fsp3) is 0.450. The molecule has 0 aliphatic carbocycles. The van der Waals surface area contributed by atoms with E-state index in [1.165, 1.54) is 0 Å².